The number of aromatic nitrogens is 1. The minimum absolute atomic E-state index is 0.00740. The van der Waals surface area contributed by atoms with Crippen LogP contribution in [-0.4, -0.2) is 4.98 Å². The Labute approximate surface area is 128 Å². The molecular weight excluding hydrogens is 286 g/mol. The number of hydrogen-bond donors (Lipinski definition) is 0. The van der Waals surface area contributed by atoms with E-state index in [4.69, 9.17) is 11.6 Å². The summed E-state index contributed by atoms with van der Waals surface area (Å²) in [6.07, 6.45) is 0.839. The minimum Gasteiger partial charge on any atom is -0.247 e. The quantitative estimate of drug-likeness (QED) is 0.587. The number of hydrogen-bond acceptors (Lipinski definition) is 2. The topological polar surface area (TPSA) is 12.9 Å². The van der Waals surface area contributed by atoms with Crippen molar-refractivity contribution in [1.29, 1.82) is 0 Å². The Balaban J connectivity index is 1.95. The molecule has 0 aliphatic carbocycles. The van der Waals surface area contributed by atoms with Gasteiger partial charge >= 0.3 is 0 Å². The van der Waals surface area contributed by atoms with Gasteiger partial charge in [-0.05, 0) is 36.6 Å². The molecule has 0 aliphatic rings. The van der Waals surface area contributed by atoms with Crippen molar-refractivity contribution in [3.63, 3.8) is 0 Å². The molecule has 3 rings (SSSR count). The lowest BCUT2D eigenvalue weighted by molar-refractivity contribution is 0.930. The average Bonchev–Trinajstić information content (AvgIpc) is 2.78. The van der Waals surface area contributed by atoms with Crippen LogP contribution in [0.3, 0.4) is 0 Å². The average molecular weight is 302 g/mol. The van der Waals surface area contributed by atoms with Crippen molar-refractivity contribution >= 4 is 33.7 Å². The molecule has 0 saturated heterocycles. The molecule has 2 aromatic carbocycles. The maximum absolute atomic E-state index is 6.63. The van der Waals surface area contributed by atoms with Gasteiger partial charge in [0.15, 0.2) is 0 Å². The molecule has 0 bridgehead atoms. The Hall–Kier alpha value is -1.38. The molecule has 0 saturated carbocycles. The zero-order chi connectivity index (χ0) is 14.1. The molecule has 3 aromatic rings. The smallest absolute Gasteiger partial charge is 0.0900 e. The third kappa shape index (κ3) is 2.58. The maximum atomic E-state index is 6.63. The standard InChI is InChI=1S/C17H16ClNS/c1-11-17(20-12(2)19-11)16(18)10-14-8-5-7-13-6-3-4-9-15(13)14/h3-9,16H,10H2,1-2H3. The summed E-state index contributed by atoms with van der Waals surface area (Å²) in [7, 11) is 0. The van der Waals surface area contributed by atoms with Crippen LogP contribution in [0.5, 0.6) is 0 Å². The predicted octanol–water partition coefficient (Wildman–Crippen LogP) is 5.44. The number of fused-ring (bicyclic) bond motifs is 1. The molecule has 1 atom stereocenters. The highest BCUT2D eigenvalue weighted by atomic mass is 35.5. The third-order valence-corrected chi connectivity index (χ3v) is 5.19. The molecule has 20 heavy (non-hydrogen) atoms. The lowest BCUT2D eigenvalue weighted by atomic mass is 10.0. The summed E-state index contributed by atoms with van der Waals surface area (Å²) in [5.74, 6) is 0. The van der Waals surface area contributed by atoms with Gasteiger partial charge in [-0.1, -0.05) is 42.5 Å². The normalized spacial score (nSPS) is 12.8. The van der Waals surface area contributed by atoms with Crippen LogP contribution >= 0.6 is 22.9 Å². The molecule has 3 heteroatoms. The fourth-order valence-electron chi connectivity index (χ4n) is 2.59. The molecule has 0 N–H and O–H groups in total. The summed E-state index contributed by atoms with van der Waals surface area (Å²) in [4.78, 5) is 5.66. The summed E-state index contributed by atoms with van der Waals surface area (Å²) in [6, 6.07) is 14.9. The number of thiazole rings is 1. The second-order valence-electron chi connectivity index (χ2n) is 4.99. The molecular formula is C17H16ClNS. The second kappa shape index (κ2) is 5.55. The Bertz CT molecular complexity index is 742. The molecule has 0 aliphatic heterocycles. The van der Waals surface area contributed by atoms with Gasteiger partial charge < -0.3 is 0 Å². The zero-order valence-electron chi connectivity index (χ0n) is 11.6. The summed E-state index contributed by atoms with van der Waals surface area (Å²) >= 11 is 8.33. The summed E-state index contributed by atoms with van der Waals surface area (Å²) in [6.45, 7) is 4.07. The van der Waals surface area contributed by atoms with E-state index in [1.165, 1.54) is 21.2 Å². The van der Waals surface area contributed by atoms with Crippen molar-refractivity contribution in [3.05, 3.63) is 63.6 Å². The maximum Gasteiger partial charge on any atom is 0.0900 e. The summed E-state index contributed by atoms with van der Waals surface area (Å²) in [5.41, 5.74) is 2.36. The van der Waals surface area contributed by atoms with Crippen molar-refractivity contribution in [3.8, 4) is 0 Å². The molecule has 0 fully saturated rings. The van der Waals surface area contributed by atoms with Crippen LogP contribution in [0.1, 0.15) is 26.5 Å². The highest BCUT2D eigenvalue weighted by Gasteiger charge is 2.16. The first-order chi connectivity index (χ1) is 9.65. The van der Waals surface area contributed by atoms with Crippen molar-refractivity contribution in [2.24, 2.45) is 0 Å². The molecule has 1 nitrogen and oxygen atoms in total. The number of rotatable bonds is 3. The van der Waals surface area contributed by atoms with Crippen LogP contribution < -0.4 is 0 Å². The molecule has 0 amide bonds. The van der Waals surface area contributed by atoms with E-state index in [0.717, 1.165) is 17.1 Å². The molecule has 1 heterocycles. The van der Waals surface area contributed by atoms with Crippen LogP contribution in [0.15, 0.2) is 42.5 Å². The highest BCUT2D eigenvalue weighted by molar-refractivity contribution is 7.12. The van der Waals surface area contributed by atoms with Gasteiger partial charge in [0.05, 0.1) is 16.1 Å². The molecule has 0 radical (unpaired) electrons. The van der Waals surface area contributed by atoms with Crippen molar-refractivity contribution in [2.75, 3.05) is 0 Å². The van der Waals surface area contributed by atoms with Gasteiger partial charge in [0.25, 0.3) is 0 Å². The Morgan fingerprint density at radius 3 is 2.60 bits per heavy atom. The van der Waals surface area contributed by atoms with Crippen LogP contribution in [0.2, 0.25) is 0 Å². The lowest BCUT2D eigenvalue weighted by Crippen LogP contribution is -1.96. The van der Waals surface area contributed by atoms with Gasteiger partial charge in [0.2, 0.25) is 0 Å². The monoisotopic (exact) mass is 301 g/mol. The minimum atomic E-state index is -0.00740. The van der Waals surface area contributed by atoms with E-state index in [1.807, 2.05) is 13.8 Å². The second-order valence-corrected chi connectivity index (χ2v) is 6.75. The van der Waals surface area contributed by atoms with E-state index in [9.17, 15) is 0 Å². The van der Waals surface area contributed by atoms with Crippen LogP contribution in [0.4, 0.5) is 0 Å². The van der Waals surface area contributed by atoms with Gasteiger partial charge in [-0.3, -0.25) is 0 Å². The van der Waals surface area contributed by atoms with Gasteiger partial charge in [-0.25, -0.2) is 4.98 Å². The van der Waals surface area contributed by atoms with Crippen molar-refractivity contribution < 1.29 is 0 Å². The van der Waals surface area contributed by atoms with E-state index in [2.05, 4.69) is 47.4 Å². The Morgan fingerprint density at radius 1 is 1.10 bits per heavy atom. The van der Waals surface area contributed by atoms with E-state index < -0.39 is 0 Å². The predicted molar refractivity (Wildman–Crippen MR) is 87.8 cm³/mol. The number of benzene rings is 2. The summed E-state index contributed by atoms with van der Waals surface area (Å²) in [5, 5.41) is 3.64. The van der Waals surface area contributed by atoms with Gasteiger partial charge in [0.1, 0.15) is 0 Å². The largest absolute Gasteiger partial charge is 0.247 e. The van der Waals surface area contributed by atoms with E-state index in [0.29, 0.717) is 0 Å². The van der Waals surface area contributed by atoms with Gasteiger partial charge in [-0.15, -0.1) is 22.9 Å². The van der Waals surface area contributed by atoms with E-state index in [-0.39, 0.29) is 5.38 Å². The highest BCUT2D eigenvalue weighted by Crippen LogP contribution is 2.33. The fourth-order valence-corrected chi connectivity index (χ4v) is 3.96. The SMILES string of the molecule is Cc1nc(C)c(C(Cl)Cc2cccc3ccccc23)s1. The van der Waals surface area contributed by atoms with Crippen LogP contribution in [-0.2, 0) is 6.42 Å². The lowest BCUT2D eigenvalue weighted by Gasteiger charge is -2.11. The van der Waals surface area contributed by atoms with Crippen LogP contribution in [0, 0.1) is 13.8 Å². The fraction of sp³-hybridized carbons (Fsp3) is 0.235. The first kappa shape index (κ1) is 13.6. The number of aryl methyl sites for hydroxylation is 2. The number of nitrogens with zero attached hydrogens (tertiary/aromatic N) is 1. The number of alkyl halides is 1. The van der Waals surface area contributed by atoms with Crippen LogP contribution in [0.25, 0.3) is 10.8 Å². The zero-order valence-corrected chi connectivity index (χ0v) is 13.1. The van der Waals surface area contributed by atoms with E-state index >= 15 is 0 Å². The third-order valence-electron chi connectivity index (χ3n) is 3.50. The molecule has 1 aromatic heterocycles. The Morgan fingerprint density at radius 2 is 1.85 bits per heavy atom. The number of halogens is 1. The van der Waals surface area contributed by atoms with Gasteiger partial charge in [-0.2, -0.15) is 0 Å². The first-order valence-corrected chi connectivity index (χ1v) is 7.95. The Kier molecular flexibility index (Phi) is 3.77. The molecule has 0 spiro atoms. The molecule has 1 unspecified atom stereocenters. The molecule has 102 valence electrons. The van der Waals surface area contributed by atoms with Crippen molar-refractivity contribution in [2.45, 2.75) is 25.6 Å². The van der Waals surface area contributed by atoms with Crippen molar-refractivity contribution in [1.82, 2.24) is 4.98 Å². The summed E-state index contributed by atoms with van der Waals surface area (Å²) < 4.78 is 0. The first-order valence-electron chi connectivity index (χ1n) is 6.70. The van der Waals surface area contributed by atoms with E-state index in [1.54, 1.807) is 11.3 Å². The van der Waals surface area contributed by atoms with Gasteiger partial charge in [0, 0.05) is 4.88 Å².